The van der Waals surface area contributed by atoms with Crippen molar-refractivity contribution in [2.45, 2.75) is 39.5 Å². The number of unbranched alkanes of at least 4 members (excludes halogenated alkanes) is 1. The zero-order valence-corrected chi connectivity index (χ0v) is 10.2. The molecule has 0 atom stereocenters. The zero-order valence-electron chi connectivity index (χ0n) is 10.2. The number of amides is 1. The summed E-state index contributed by atoms with van der Waals surface area (Å²) >= 11 is 0. The quantitative estimate of drug-likeness (QED) is 0.724. The van der Waals surface area contributed by atoms with E-state index in [4.69, 9.17) is 0 Å². The van der Waals surface area contributed by atoms with Crippen molar-refractivity contribution >= 4 is 11.6 Å². The average molecular weight is 219 g/mol. The van der Waals surface area contributed by atoms with Crippen molar-refractivity contribution < 1.29 is 4.79 Å². The van der Waals surface area contributed by atoms with Crippen LogP contribution in [0.4, 0.5) is 5.69 Å². The van der Waals surface area contributed by atoms with Crippen LogP contribution in [0.2, 0.25) is 0 Å². The third-order valence-corrected chi connectivity index (χ3v) is 2.49. The van der Waals surface area contributed by atoms with Crippen LogP contribution in [0.5, 0.6) is 0 Å². The number of carbonyl (C=O) groups excluding carboxylic acids is 1. The number of hydrogen-bond acceptors (Lipinski definition) is 1. The van der Waals surface area contributed by atoms with E-state index in [1.165, 1.54) is 6.42 Å². The Morgan fingerprint density at radius 3 is 2.50 bits per heavy atom. The van der Waals surface area contributed by atoms with Crippen LogP contribution in [0.1, 0.15) is 39.5 Å². The van der Waals surface area contributed by atoms with Crippen LogP contribution in [0.3, 0.4) is 0 Å². The minimum Gasteiger partial charge on any atom is -0.326 e. The van der Waals surface area contributed by atoms with Crippen LogP contribution in [0, 0.1) is 5.92 Å². The Bertz CT molecular complexity index is 306. The van der Waals surface area contributed by atoms with E-state index in [-0.39, 0.29) is 5.91 Å². The minimum atomic E-state index is 0.120. The van der Waals surface area contributed by atoms with Gasteiger partial charge in [-0.25, -0.2) is 0 Å². The summed E-state index contributed by atoms with van der Waals surface area (Å²) in [6.07, 6.45) is 3.96. The Hall–Kier alpha value is -1.31. The van der Waals surface area contributed by atoms with E-state index in [1.807, 2.05) is 30.3 Å². The second kappa shape index (κ2) is 7.04. The molecule has 2 nitrogen and oxygen atoms in total. The topological polar surface area (TPSA) is 29.1 Å². The van der Waals surface area contributed by atoms with Crippen molar-refractivity contribution in [1.82, 2.24) is 0 Å². The van der Waals surface area contributed by atoms with Gasteiger partial charge in [-0.05, 0) is 24.5 Å². The Morgan fingerprint density at radius 1 is 1.19 bits per heavy atom. The SMILES string of the molecule is CC(C)CCCCC(=O)Nc1ccccc1. The molecule has 0 bridgehead atoms. The number of nitrogens with one attached hydrogen (secondary N) is 1. The van der Waals surface area contributed by atoms with E-state index in [0.29, 0.717) is 6.42 Å². The van der Waals surface area contributed by atoms with E-state index < -0.39 is 0 Å². The monoisotopic (exact) mass is 219 g/mol. The summed E-state index contributed by atoms with van der Waals surface area (Å²) in [6, 6.07) is 9.61. The highest BCUT2D eigenvalue weighted by atomic mass is 16.1. The van der Waals surface area contributed by atoms with Crippen LogP contribution >= 0.6 is 0 Å². The zero-order chi connectivity index (χ0) is 11.8. The van der Waals surface area contributed by atoms with E-state index in [0.717, 1.165) is 24.4 Å². The molecule has 2 heteroatoms. The first-order valence-corrected chi connectivity index (χ1v) is 6.03. The Kier molecular flexibility index (Phi) is 5.62. The summed E-state index contributed by atoms with van der Waals surface area (Å²) in [5.41, 5.74) is 0.886. The molecule has 0 aliphatic heterocycles. The van der Waals surface area contributed by atoms with E-state index in [1.54, 1.807) is 0 Å². The Morgan fingerprint density at radius 2 is 1.88 bits per heavy atom. The summed E-state index contributed by atoms with van der Waals surface area (Å²) in [4.78, 5) is 11.5. The number of carbonyl (C=O) groups is 1. The smallest absolute Gasteiger partial charge is 0.224 e. The molecular weight excluding hydrogens is 198 g/mol. The normalized spacial score (nSPS) is 10.4. The fourth-order valence-electron chi connectivity index (χ4n) is 1.58. The minimum absolute atomic E-state index is 0.120. The van der Waals surface area contributed by atoms with Crippen LogP contribution in [-0.2, 0) is 4.79 Å². The predicted octanol–water partition coefficient (Wildman–Crippen LogP) is 3.84. The molecule has 0 aromatic heterocycles. The molecule has 0 aliphatic carbocycles. The second-order valence-electron chi connectivity index (χ2n) is 4.55. The van der Waals surface area contributed by atoms with Gasteiger partial charge in [0, 0.05) is 12.1 Å². The molecule has 0 aliphatic rings. The second-order valence-corrected chi connectivity index (χ2v) is 4.55. The molecule has 1 aromatic rings. The van der Waals surface area contributed by atoms with Crippen molar-refractivity contribution in [1.29, 1.82) is 0 Å². The maximum absolute atomic E-state index is 11.5. The summed E-state index contributed by atoms with van der Waals surface area (Å²) < 4.78 is 0. The molecule has 88 valence electrons. The molecule has 0 spiro atoms. The lowest BCUT2D eigenvalue weighted by atomic mass is 10.1. The Labute approximate surface area is 98.1 Å². The molecule has 0 saturated heterocycles. The first kappa shape index (κ1) is 12.8. The van der Waals surface area contributed by atoms with Crippen LogP contribution in [0.25, 0.3) is 0 Å². The van der Waals surface area contributed by atoms with Crippen molar-refractivity contribution in [3.05, 3.63) is 30.3 Å². The van der Waals surface area contributed by atoms with E-state index in [9.17, 15) is 4.79 Å². The highest BCUT2D eigenvalue weighted by Gasteiger charge is 2.02. The van der Waals surface area contributed by atoms with Gasteiger partial charge in [-0.1, -0.05) is 44.9 Å². The van der Waals surface area contributed by atoms with Gasteiger partial charge < -0.3 is 5.32 Å². The number of hydrogen-bond donors (Lipinski definition) is 1. The van der Waals surface area contributed by atoms with Gasteiger partial charge >= 0.3 is 0 Å². The number of benzene rings is 1. The molecule has 16 heavy (non-hydrogen) atoms. The molecule has 0 radical (unpaired) electrons. The molecule has 0 heterocycles. The average Bonchev–Trinajstić information content (AvgIpc) is 2.25. The lowest BCUT2D eigenvalue weighted by Crippen LogP contribution is -2.10. The maximum atomic E-state index is 11.5. The summed E-state index contributed by atoms with van der Waals surface area (Å²) in [7, 11) is 0. The number of anilines is 1. The summed E-state index contributed by atoms with van der Waals surface area (Å²) in [6.45, 7) is 4.42. The number of para-hydroxylation sites is 1. The van der Waals surface area contributed by atoms with Crippen molar-refractivity contribution in [2.75, 3.05) is 5.32 Å². The fraction of sp³-hybridized carbons (Fsp3) is 0.500. The molecule has 1 rings (SSSR count). The van der Waals surface area contributed by atoms with Crippen molar-refractivity contribution in [3.8, 4) is 0 Å². The molecule has 1 aromatic carbocycles. The van der Waals surface area contributed by atoms with Gasteiger partial charge in [0.2, 0.25) is 5.91 Å². The predicted molar refractivity (Wildman–Crippen MR) is 68.4 cm³/mol. The summed E-state index contributed by atoms with van der Waals surface area (Å²) in [5.74, 6) is 0.854. The highest BCUT2D eigenvalue weighted by Crippen LogP contribution is 2.10. The summed E-state index contributed by atoms with van der Waals surface area (Å²) in [5, 5.41) is 2.89. The van der Waals surface area contributed by atoms with Gasteiger partial charge in [0.1, 0.15) is 0 Å². The van der Waals surface area contributed by atoms with Gasteiger partial charge in [0.25, 0.3) is 0 Å². The van der Waals surface area contributed by atoms with Crippen LogP contribution < -0.4 is 5.32 Å². The molecule has 0 saturated carbocycles. The van der Waals surface area contributed by atoms with Gasteiger partial charge in [-0.2, -0.15) is 0 Å². The van der Waals surface area contributed by atoms with Gasteiger partial charge in [-0.15, -0.1) is 0 Å². The largest absolute Gasteiger partial charge is 0.326 e. The first-order chi connectivity index (χ1) is 7.68. The van der Waals surface area contributed by atoms with E-state index >= 15 is 0 Å². The molecule has 1 N–H and O–H groups in total. The molecule has 1 amide bonds. The Balaban J connectivity index is 2.17. The maximum Gasteiger partial charge on any atom is 0.224 e. The first-order valence-electron chi connectivity index (χ1n) is 6.03. The number of rotatable bonds is 6. The van der Waals surface area contributed by atoms with E-state index in [2.05, 4.69) is 19.2 Å². The van der Waals surface area contributed by atoms with Gasteiger partial charge in [0.15, 0.2) is 0 Å². The molecular formula is C14H21NO. The lowest BCUT2D eigenvalue weighted by Gasteiger charge is -2.06. The lowest BCUT2D eigenvalue weighted by molar-refractivity contribution is -0.116. The van der Waals surface area contributed by atoms with Gasteiger partial charge in [-0.3, -0.25) is 4.79 Å². The highest BCUT2D eigenvalue weighted by molar-refractivity contribution is 5.90. The van der Waals surface area contributed by atoms with Crippen molar-refractivity contribution in [2.24, 2.45) is 5.92 Å². The third-order valence-electron chi connectivity index (χ3n) is 2.49. The van der Waals surface area contributed by atoms with Gasteiger partial charge in [0.05, 0.1) is 0 Å². The van der Waals surface area contributed by atoms with Crippen molar-refractivity contribution in [3.63, 3.8) is 0 Å². The molecule has 0 unspecified atom stereocenters. The molecule has 0 fully saturated rings. The standard InChI is InChI=1S/C14H21NO/c1-12(2)8-6-7-11-14(16)15-13-9-4-3-5-10-13/h3-5,9-10,12H,6-8,11H2,1-2H3,(H,15,16). The third kappa shape index (κ3) is 5.54. The van der Waals surface area contributed by atoms with Crippen LogP contribution in [0.15, 0.2) is 30.3 Å². The fourth-order valence-corrected chi connectivity index (χ4v) is 1.58. The van der Waals surface area contributed by atoms with Crippen LogP contribution in [-0.4, -0.2) is 5.91 Å².